The van der Waals surface area contributed by atoms with Crippen molar-refractivity contribution in [1.29, 1.82) is 0 Å². The van der Waals surface area contributed by atoms with Crippen LogP contribution in [0.5, 0.6) is 0 Å². The minimum Gasteiger partial charge on any atom is -0.465 e. The SMILES string of the molecule is CC(=O)OC[C]1[CH][CH][CH][C]1I.[CH]1[CH][CH][CH][CH]1.[Fe+2]. The van der Waals surface area contributed by atoms with Crippen molar-refractivity contribution >= 4 is 28.6 Å². The Labute approximate surface area is 129 Å². The minimum absolute atomic E-state index is 0. The summed E-state index contributed by atoms with van der Waals surface area (Å²) in [5, 5.41) is 0. The average molecular weight is 384 g/mol. The van der Waals surface area contributed by atoms with E-state index in [4.69, 9.17) is 4.74 Å². The van der Waals surface area contributed by atoms with Gasteiger partial charge < -0.3 is 4.74 Å². The van der Waals surface area contributed by atoms with E-state index in [9.17, 15) is 4.79 Å². The summed E-state index contributed by atoms with van der Waals surface area (Å²) in [5.74, 6) is 0.836. The minimum atomic E-state index is -0.234. The van der Waals surface area contributed by atoms with Crippen molar-refractivity contribution in [3.05, 3.63) is 61.2 Å². The summed E-state index contributed by atoms with van der Waals surface area (Å²) in [6.45, 7) is 1.80. The fraction of sp³-hybridized carbons (Fsp3) is 0.154. The number of hydrogen-bond donors (Lipinski definition) is 0. The molecule has 0 heterocycles. The van der Waals surface area contributed by atoms with Gasteiger partial charge in [-0.1, -0.05) is 22.6 Å². The van der Waals surface area contributed by atoms with E-state index in [1.54, 1.807) is 0 Å². The van der Waals surface area contributed by atoms with Crippen molar-refractivity contribution in [2.45, 2.75) is 6.92 Å². The molecule has 17 heavy (non-hydrogen) atoms. The van der Waals surface area contributed by atoms with Crippen LogP contribution >= 0.6 is 22.6 Å². The van der Waals surface area contributed by atoms with Gasteiger partial charge in [0, 0.05) is 12.8 Å². The molecule has 2 fully saturated rings. The Kier molecular flexibility index (Phi) is 11.1. The molecule has 0 bridgehead atoms. The van der Waals surface area contributed by atoms with Crippen LogP contribution in [0.25, 0.3) is 0 Å². The summed E-state index contributed by atoms with van der Waals surface area (Å²) in [5.41, 5.74) is 0. The summed E-state index contributed by atoms with van der Waals surface area (Å²) < 4.78 is 5.97. The maximum absolute atomic E-state index is 10.4. The summed E-state index contributed by atoms with van der Waals surface area (Å²) in [7, 11) is 0. The Hall–Kier alpha value is 0.719. The van der Waals surface area contributed by atoms with Gasteiger partial charge in [0.25, 0.3) is 0 Å². The average Bonchev–Trinajstić information content (AvgIpc) is 2.88. The van der Waals surface area contributed by atoms with Crippen LogP contribution in [0, 0.1) is 61.2 Å². The zero-order chi connectivity index (χ0) is 11.8. The molecule has 0 spiro atoms. The maximum atomic E-state index is 10.4. The number of rotatable bonds is 2. The third-order valence-corrected chi connectivity index (χ3v) is 2.89. The number of carbonyl (C=O) groups is 1. The van der Waals surface area contributed by atoms with Gasteiger partial charge in [-0.25, -0.2) is 0 Å². The second-order valence-corrected chi connectivity index (χ2v) is 4.30. The molecule has 0 aliphatic heterocycles. The van der Waals surface area contributed by atoms with Crippen molar-refractivity contribution in [3.63, 3.8) is 0 Å². The molecular formula is C13H13FeIO2+2. The molecule has 0 aromatic heterocycles. The monoisotopic (exact) mass is 384 g/mol. The van der Waals surface area contributed by atoms with E-state index < -0.39 is 0 Å². The number of halogens is 1. The number of ether oxygens (including phenoxy) is 1. The van der Waals surface area contributed by atoms with E-state index in [2.05, 4.69) is 22.6 Å². The smallest absolute Gasteiger partial charge is 0.465 e. The molecule has 0 amide bonds. The molecule has 10 radical (unpaired) electrons. The second-order valence-electron chi connectivity index (χ2n) is 3.14. The zero-order valence-corrected chi connectivity index (χ0v) is 12.6. The summed E-state index contributed by atoms with van der Waals surface area (Å²) in [6, 6.07) is 0. The fourth-order valence-electron chi connectivity index (χ4n) is 1.05. The predicted octanol–water partition coefficient (Wildman–Crippen LogP) is 2.74. The largest absolute Gasteiger partial charge is 2.00 e. The van der Waals surface area contributed by atoms with Gasteiger partial charge >= 0.3 is 23.0 Å². The molecule has 0 N–H and O–H groups in total. The standard InChI is InChI=1S/C8H8IO2.C5H5.Fe/c1-6(10)11-5-7-3-2-4-8(7)9;1-2-4-5-3-1;/h2-4H,5H2,1H3;1-5H;/q;;+2. The van der Waals surface area contributed by atoms with Crippen LogP contribution in [-0.2, 0) is 26.6 Å². The van der Waals surface area contributed by atoms with Gasteiger partial charge in [0.15, 0.2) is 0 Å². The van der Waals surface area contributed by atoms with Crippen LogP contribution in [0.3, 0.4) is 0 Å². The van der Waals surface area contributed by atoms with E-state index in [-0.39, 0.29) is 23.0 Å². The Balaban J connectivity index is 0.000000360. The van der Waals surface area contributed by atoms with Crippen molar-refractivity contribution < 1.29 is 26.6 Å². The van der Waals surface area contributed by atoms with Crippen molar-refractivity contribution in [2.75, 3.05) is 6.61 Å². The molecule has 0 aromatic carbocycles. The van der Waals surface area contributed by atoms with E-state index in [0.29, 0.717) is 6.61 Å². The molecule has 0 aromatic rings. The molecule has 0 atom stereocenters. The van der Waals surface area contributed by atoms with Gasteiger partial charge in [0.2, 0.25) is 0 Å². The Bertz CT molecular complexity index is 200. The number of carbonyl (C=O) groups excluding carboxylic acids is 1. The van der Waals surface area contributed by atoms with Crippen LogP contribution in [0.2, 0.25) is 0 Å². The summed E-state index contributed by atoms with van der Waals surface area (Å²) in [6.07, 6.45) is 15.9. The van der Waals surface area contributed by atoms with Crippen molar-refractivity contribution in [2.24, 2.45) is 0 Å². The molecule has 2 aliphatic carbocycles. The third kappa shape index (κ3) is 8.44. The van der Waals surface area contributed by atoms with E-state index in [1.165, 1.54) is 6.92 Å². The molecule has 2 rings (SSSR count). The van der Waals surface area contributed by atoms with Crippen LogP contribution in [0.1, 0.15) is 6.92 Å². The summed E-state index contributed by atoms with van der Waals surface area (Å²) >= 11 is 2.21. The molecule has 0 unspecified atom stereocenters. The van der Waals surface area contributed by atoms with Crippen LogP contribution in [-0.4, -0.2) is 12.6 Å². The van der Waals surface area contributed by atoms with Gasteiger partial charge in [-0.2, -0.15) is 0 Å². The maximum Gasteiger partial charge on any atom is 2.00 e. The van der Waals surface area contributed by atoms with Gasteiger partial charge in [-0.15, -0.1) is 0 Å². The molecular weight excluding hydrogens is 371 g/mol. The van der Waals surface area contributed by atoms with Crippen LogP contribution in [0.15, 0.2) is 0 Å². The van der Waals surface area contributed by atoms with Crippen LogP contribution < -0.4 is 0 Å². The van der Waals surface area contributed by atoms with Gasteiger partial charge in [-0.3, -0.25) is 4.79 Å². The predicted molar refractivity (Wildman–Crippen MR) is 71.5 cm³/mol. The molecule has 4 heteroatoms. The van der Waals surface area contributed by atoms with Gasteiger partial charge in [0.1, 0.15) is 0 Å². The molecule has 0 saturated heterocycles. The quantitative estimate of drug-likeness (QED) is 0.416. The first kappa shape index (κ1) is 17.7. The topological polar surface area (TPSA) is 26.3 Å². The third-order valence-electron chi connectivity index (χ3n) is 1.83. The Morgan fingerprint density at radius 3 is 2.00 bits per heavy atom. The molecule has 2 nitrogen and oxygen atoms in total. The van der Waals surface area contributed by atoms with Crippen molar-refractivity contribution in [1.82, 2.24) is 0 Å². The van der Waals surface area contributed by atoms with E-state index in [0.717, 1.165) is 9.84 Å². The fourth-order valence-corrected chi connectivity index (χ4v) is 1.60. The first-order chi connectivity index (χ1) is 7.70. The first-order valence-corrected chi connectivity index (χ1v) is 5.98. The van der Waals surface area contributed by atoms with Gasteiger partial charge in [-0.05, 0) is 51.4 Å². The zero-order valence-electron chi connectivity index (χ0n) is 9.37. The van der Waals surface area contributed by atoms with E-state index >= 15 is 0 Å². The Morgan fingerprint density at radius 1 is 1.12 bits per heavy atom. The van der Waals surface area contributed by atoms with Crippen molar-refractivity contribution in [3.8, 4) is 0 Å². The second kappa shape index (κ2) is 10.6. The number of hydrogen-bond acceptors (Lipinski definition) is 2. The summed E-state index contributed by atoms with van der Waals surface area (Å²) in [4.78, 5) is 10.4. The molecule has 2 aliphatic rings. The Morgan fingerprint density at radius 2 is 1.65 bits per heavy atom. The van der Waals surface area contributed by atoms with Crippen LogP contribution in [0.4, 0.5) is 0 Å². The molecule has 90 valence electrons. The van der Waals surface area contributed by atoms with E-state index in [1.807, 2.05) is 51.4 Å². The first-order valence-electron chi connectivity index (χ1n) is 4.90. The van der Waals surface area contributed by atoms with Gasteiger partial charge in [0.05, 0.1) is 10.5 Å². The normalized spacial score (nSPS) is 20.4. The number of esters is 1. The molecule has 2 saturated carbocycles.